The summed E-state index contributed by atoms with van der Waals surface area (Å²) in [5.41, 5.74) is 11.1. The number of hydrogen-bond acceptors (Lipinski definition) is 5. The summed E-state index contributed by atoms with van der Waals surface area (Å²) in [6.45, 7) is 11.2. The maximum atomic E-state index is 12.1. The minimum absolute atomic E-state index is 0.0108. The van der Waals surface area contributed by atoms with Gasteiger partial charge in [0.25, 0.3) is 0 Å². The van der Waals surface area contributed by atoms with E-state index >= 15 is 0 Å². The van der Waals surface area contributed by atoms with Gasteiger partial charge < -0.3 is 13.9 Å². The van der Waals surface area contributed by atoms with E-state index in [0.29, 0.717) is 17.9 Å². The Hall–Kier alpha value is -2.93. The summed E-state index contributed by atoms with van der Waals surface area (Å²) in [4.78, 5) is 17.9. The van der Waals surface area contributed by atoms with Crippen LogP contribution in [0.5, 0.6) is 5.75 Å². The molecule has 0 aliphatic rings. The van der Waals surface area contributed by atoms with Gasteiger partial charge in [-0.2, -0.15) is 0 Å². The van der Waals surface area contributed by atoms with E-state index in [4.69, 9.17) is 14.5 Å². The van der Waals surface area contributed by atoms with Gasteiger partial charge in [-0.05, 0) is 60.1 Å². The number of hydrogen-bond donors (Lipinski definition) is 1. The average molecular weight is 467 g/mol. The van der Waals surface area contributed by atoms with Crippen LogP contribution in [0.4, 0.5) is 0 Å². The number of nitrogens with zero attached hydrogens (tertiary/aromatic N) is 3. The molecule has 33 heavy (non-hydrogen) atoms. The number of azide groups is 1. The van der Waals surface area contributed by atoms with E-state index in [1.54, 1.807) is 6.07 Å². The summed E-state index contributed by atoms with van der Waals surface area (Å²) in [6, 6.07) is 16.8. The first-order valence-corrected chi connectivity index (χ1v) is 11.5. The lowest BCUT2D eigenvalue weighted by Gasteiger charge is -2.38. The molecule has 7 nitrogen and oxygen atoms in total. The third kappa shape index (κ3) is 6.11. The minimum Gasteiger partial charge on any atom is -0.487 e. The zero-order chi connectivity index (χ0) is 24.1. The molecule has 3 aromatic rings. The number of pyridine rings is 1. The van der Waals surface area contributed by atoms with Crippen LogP contribution in [0.3, 0.4) is 0 Å². The quantitative estimate of drug-likeness (QED) is 0.160. The molecule has 0 saturated carbocycles. The van der Waals surface area contributed by atoms with Crippen molar-refractivity contribution >= 4 is 22.9 Å². The fourth-order valence-corrected chi connectivity index (χ4v) is 3.75. The van der Waals surface area contributed by atoms with Gasteiger partial charge in [0, 0.05) is 21.1 Å². The van der Waals surface area contributed by atoms with Gasteiger partial charge in [0.2, 0.25) is 5.56 Å². The maximum Gasteiger partial charge on any atom is 0.248 e. The SMILES string of the molecule is CC(C)(C)C(C)(C)SO[C@@H](CN=[N+]=[N-])c1ccc(OCc2ccccc2)c2[nH]c(=O)ccc12. The Balaban J connectivity index is 1.97. The Morgan fingerprint density at radius 1 is 1.06 bits per heavy atom. The predicted molar refractivity (Wildman–Crippen MR) is 134 cm³/mol. The van der Waals surface area contributed by atoms with Gasteiger partial charge in [0.1, 0.15) is 18.5 Å². The second-order valence-corrected chi connectivity index (χ2v) is 10.8. The Kier molecular flexibility index (Phi) is 7.74. The highest BCUT2D eigenvalue weighted by Gasteiger charge is 2.35. The summed E-state index contributed by atoms with van der Waals surface area (Å²) >= 11 is 1.38. The van der Waals surface area contributed by atoms with E-state index in [-0.39, 0.29) is 22.3 Å². The molecular weight excluding hydrogens is 436 g/mol. The molecular formula is C25H30N4O3S. The average Bonchev–Trinajstić information content (AvgIpc) is 2.77. The molecule has 2 aromatic carbocycles. The number of ether oxygens (including phenoxy) is 1. The monoisotopic (exact) mass is 466 g/mol. The topological polar surface area (TPSA) is 100 Å². The molecule has 3 rings (SSSR count). The number of nitrogens with one attached hydrogen (secondary N) is 1. The number of aromatic nitrogens is 1. The molecule has 0 amide bonds. The van der Waals surface area contributed by atoms with Crippen LogP contribution in [0, 0.1) is 5.41 Å². The Bertz CT molecular complexity index is 1200. The van der Waals surface area contributed by atoms with Gasteiger partial charge in [-0.1, -0.05) is 62.3 Å². The molecule has 0 bridgehead atoms. The Morgan fingerprint density at radius 3 is 2.45 bits per heavy atom. The van der Waals surface area contributed by atoms with Gasteiger partial charge in [0.05, 0.1) is 12.1 Å². The van der Waals surface area contributed by atoms with E-state index in [2.05, 4.69) is 49.6 Å². The highest BCUT2D eigenvalue weighted by atomic mass is 32.2. The van der Waals surface area contributed by atoms with E-state index in [1.807, 2.05) is 42.5 Å². The number of aromatic amines is 1. The first-order chi connectivity index (χ1) is 15.6. The smallest absolute Gasteiger partial charge is 0.248 e. The highest BCUT2D eigenvalue weighted by Crippen LogP contribution is 2.44. The number of fused-ring (bicyclic) bond motifs is 1. The molecule has 1 N–H and O–H groups in total. The lowest BCUT2D eigenvalue weighted by Crippen LogP contribution is -2.33. The van der Waals surface area contributed by atoms with E-state index in [9.17, 15) is 4.79 Å². The van der Waals surface area contributed by atoms with E-state index < -0.39 is 6.10 Å². The van der Waals surface area contributed by atoms with Gasteiger partial charge in [-0.25, -0.2) is 0 Å². The zero-order valence-electron chi connectivity index (χ0n) is 19.7. The van der Waals surface area contributed by atoms with Crippen LogP contribution in [0.1, 0.15) is 51.8 Å². The van der Waals surface area contributed by atoms with Crippen molar-refractivity contribution in [1.82, 2.24) is 4.98 Å². The summed E-state index contributed by atoms with van der Waals surface area (Å²) in [6.07, 6.45) is -0.496. The molecule has 8 heteroatoms. The molecule has 0 fully saturated rings. The fourth-order valence-electron chi connectivity index (χ4n) is 2.98. The highest BCUT2D eigenvalue weighted by molar-refractivity contribution is 7.96. The largest absolute Gasteiger partial charge is 0.487 e. The maximum absolute atomic E-state index is 12.1. The van der Waals surface area contributed by atoms with Crippen LogP contribution in [0.2, 0.25) is 0 Å². The van der Waals surface area contributed by atoms with Crippen LogP contribution in [-0.2, 0) is 10.8 Å². The standard InChI is InChI=1S/C25H30N4O3S/c1-24(2,3)25(4,5)33-32-21(15-27-29-26)18-11-13-20(23-19(18)12-14-22(30)28-23)31-16-17-9-7-6-8-10-17/h6-14,21H,15-16H2,1-5H3,(H,28,30)/t21-/m0/s1. The Labute approximate surface area is 198 Å². The first kappa shape index (κ1) is 24.7. The summed E-state index contributed by atoms with van der Waals surface area (Å²) < 4.78 is 12.1. The predicted octanol–water partition coefficient (Wildman–Crippen LogP) is 6.95. The van der Waals surface area contributed by atoms with E-state index in [0.717, 1.165) is 16.5 Å². The van der Waals surface area contributed by atoms with Gasteiger partial charge in [-0.3, -0.25) is 4.79 Å². The fraction of sp³-hybridized carbons (Fsp3) is 0.400. The number of H-pyrrole nitrogens is 1. The third-order valence-corrected chi connectivity index (χ3v) is 7.32. The minimum atomic E-state index is -0.496. The molecule has 1 atom stereocenters. The van der Waals surface area contributed by atoms with Crippen LogP contribution in [-0.4, -0.2) is 16.3 Å². The van der Waals surface area contributed by atoms with Gasteiger partial charge >= 0.3 is 0 Å². The van der Waals surface area contributed by atoms with Gasteiger partial charge in [0.15, 0.2) is 0 Å². The lowest BCUT2D eigenvalue weighted by molar-refractivity contribution is 0.233. The van der Waals surface area contributed by atoms with Crippen molar-refractivity contribution in [3.05, 3.63) is 86.5 Å². The van der Waals surface area contributed by atoms with Crippen molar-refractivity contribution in [2.24, 2.45) is 10.5 Å². The Morgan fingerprint density at radius 2 is 1.79 bits per heavy atom. The normalized spacial score (nSPS) is 12.9. The number of rotatable bonds is 9. The number of benzene rings is 2. The summed E-state index contributed by atoms with van der Waals surface area (Å²) in [5, 5.41) is 4.56. The second-order valence-electron chi connectivity index (χ2n) is 9.38. The molecule has 1 heterocycles. The van der Waals surface area contributed by atoms with Crippen molar-refractivity contribution in [1.29, 1.82) is 0 Å². The molecule has 0 aliphatic carbocycles. The van der Waals surface area contributed by atoms with Crippen molar-refractivity contribution in [3.63, 3.8) is 0 Å². The van der Waals surface area contributed by atoms with Crippen molar-refractivity contribution in [2.75, 3.05) is 6.54 Å². The van der Waals surface area contributed by atoms with Crippen molar-refractivity contribution in [3.8, 4) is 5.75 Å². The third-order valence-electron chi connectivity index (χ3n) is 5.96. The van der Waals surface area contributed by atoms with Crippen molar-refractivity contribution < 1.29 is 8.92 Å². The molecule has 0 spiro atoms. The molecule has 0 saturated heterocycles. The molecule has 1 aromatic heterocycles. The summed E-state index contributed by atoms with van der Waals surface area (Å²) in [7, 11) is 0. The summed E-state index contributed by atoms with van der Waals surface area (Å²) in [5.74, 6) is 0.570. The molecule has 0 aliphatic heterocycles. The lowest BCUT2D eigenvalue weighted by atomic mass is 9.83. The van der Waals surface area contributed by atoms with E-state index in [1.165, 1.54) is 18.1 Å². The second kappa shape index (κ2) is 10.3. The van der Waals surface area contributed by atoms with Crippen LogP contribution < -0.4 is 10.3 Å². The zero-order valence-corrected chi connectivity index (χ0v) is 20.5. The van der Waals surface area contributed by atoms with Crippen molar-refractivity contribution in [2.45, 2.75) is 52.1 Å². The van der Waals surface area contributed by atoms with Crippen LogP contribution in [0.15, 0.2) is 64.5 Å². The first-order valence-electron chi connectivity index (χ1n) is 10.8. The van der Waals surface area contributed by atoms with Crippen LogP contribution in [0.25, 0.3) is 21.3 Å². The molecule has 174 valence electrons. The van der Waals surface area contributed by atoms with Crippen LogP contribution >= 0.6 is 12.0 Å². The molecule has 0 radical (unpaired) electrons. The molecule has 0 unspecified atom stereocenters. The van der Waals surface area contributed by atoms with Gasteiger partial charge in [-0.15, -0.1) is 0 Å².